The van der Waals surface area contributed by atoms with Gasteiger partial charge in [0.15, 0.2) is 23.8 Å². The van der Waals surface area contributed by atoms with Gasteiger partial charge in [0.05, 0.1) is 9.79 Å². The van der Waals surface area contributed by atoms with Gasteiger partial charge in [-0.1, -0.05) is 91.0 Å². The topological polar surface area (TPSA) is 68.3 Å². The summed E-state index contributed by atoms with van der Waals surface area (Å²) >= 11 is 0. The number of hydrogen-bond donors (Lipinski definition) is 0. The van der Waals surface area contributed by atoms with Crippen LogP contribution in [0.15, 0.2) is 130 Å². The van der Waals surface area contributed by atoms with E-state index in [1.165, 1.54) is 24.3 Å². The predicted molar refractivity (Wildman–Crippen MR) is 144 cm³/mol. The summed E-state index contributed by atoms with van der Waals surface area (Å²) in [6.07, 6.45) is 5.33. The minimum atomic E-state index is -4.27. The Morgan fingerprint density at radius 3 is 1.75 bits per heavy atom. The molecule has 1 saturated carbocycles. The molecule has 1 atom stereocenters. The molecule has 3 aromatic carbocycles. The highest BCUT2D eigenvalue weighted by Gasteiger charge is 2.58. The van der Waals surface area contributed by atoms with Crippen LogP contribution in [-0.2, 0) is 19.7 Å². The lowest BCUT2D eigenvalue weighted by atomic mass is 9.72. The van der Waals surface area contributed by atoms with E-state index in [4.69, 9.17) is 0 Å². The van der Waals surface area contributed by atoms with Crippen molar-refractivity contribution in [2.45, 2.75) is 39.6 Å². The maximum atomic E-state index is 14.2. The summed E-state index contributed by atoms with van der Waals surface area (Å²) in [5.74, 6) is -0.362. The maximum absolute atomic E-state index is 14.2. The first kappa shape index (κ1) is 24.5. The van der Waals surface area contributed by atoms with Crippen LogP contribution in [0.4, 0.5) is 0 Å². The number of benzene rings is 3. The van der Waals surface area contributed by atoms with Gasteiger partial charge in [-0.2, -0.15) is 0 Å². The zero-order valence-corrected chi connectivity index (χ0v) is 21.5. The molecular weight excluding hydrogens is 488 g/mol. The van der Waals surface area contributed by atoms with Crippen LogP contribution in [0, 0.1) is 5.92 Å². The van der Waals surface area contributed by atoms with E-state index < -0.39 is 23.8 Å². The van der Waals surface area contributed by atoms with E-state index in [2.05, 4.69) is 12.7 Å². The maximum Gasteiger partial charge on any atom is 0.199 e. The zero-order valence-electron chi connectivity index (χ0n) is 19.9. The van der Waals surface area contributed by atoms with Crippen molar-refractivity contribution in [3.63, 3.8) is 0 Å². The van der Waals surface area contributed by atoms with Crippen LogP contribution in [0.1, 0.15) is 31.2 Å². The number of allylic oxidation sites excluding steroid dienone is 4. The van der Waals surface area contributed by atoms with Gasteiger partial charge >= 0.3 is 0 Å². The summed E-state index contributed by atoms with van der Waals surface area (Å²) in [7, 11) is -8.55. The molecule has 0 spiro atoms. The molecule has 0 heterocycles. The molecule has 0 aromatic heterocycles. The Labute approximate surface area is 213 Å². The monoisotopic (exact) mass is 516 g/mol. The summed E-state index contributed by atoms with van der Waals surface area (Å²) in [6, 6.07) is 25.8. The van der Waals surface area contributed by atoms with Gasteiger partial charge in [0.1, 0.15) is 0 Å². The van der Waals surface area contributed by atoms with Gasteiger partial charge in [-0.25, -0.2) is 16.8 Å². The summed E-state index contributed by atoms with van der Waals surface area (Å²) in [6.45, 7) is 4.35. The van der Waals surface area contributed by atoms with Gasteiger partial charge in [0.2, 0.25) is 0 Å². The van der Waals surface area contributed by atoms with Gasteiger partial charge in [0, 0.05) is 12.3 Å². The van der Waals surface area contributed by atoms with Gasteiger partial charge in [-0.05, 0) is 60.2 Å². The van der Waals surface area contributed by atoms with Gasteiger partial charge in [-0.15, -0.1) is 0 Å². The summed E-state index contributed by atoms with van der Waals surface area (Å²) in [5, 5.41) is 0. The molecule has 2 aliphatic rings. The Morgan fingerprint density at radius 2 is 1.22 bits per heavy atom. The third-order valence-electron chi connectivity index (χ3n) is 7.38. The molecule has 5 rings (SSSR count). The van der Waals surface area contributed by atoms with E-state index in [-0.39, 0.29) is 28.6 Å². The highest BCUT2D eigenvalue weighted by Crippen LogP contribution is 2.52. The molecule has 36 heavy (non-hydrogen) atoms. The second-order valence-electron chi connectivity index (χ2n) is 9.39. The van der Waals surface area contributed by atoms with Crippen LogP contribution in [-0.4, -0.2) is 20.9 Å². The Hall–Kier alpha value is -3.22. The van der Waals surface area contributed by atoms with Crippen molar-refractivity contribution in [1.29, 1.82) is 0 Å². The number of hydrogen-bond acceptors (Lipinski definition) is 4. The molecule has 0 N–H and O–H groups in total. The molecule has 0 saturated heterocycles. The number of rotatable bonds is 5. The minimum absolute atomic E-state index is 0.0165. The van der Waals surface area contributed by atoms with E-state index in [9.17, 15) is 16.8 Å². The van der Waals surface area contributed by atoms with Gasteiger partial charge in [0.25, 0.3) is 0 Å². The van der Waals surface area contributed by atoms with Crippen molar-refractivity contribution >= 4 is 25.8 Å². The summed E-state index contributed by atoms with van der Waals surface area (Å²) in [4.78, 5) is 0.0330. The first-order chi connectivity index (χ1) is 17.3. The van der Waals surface area contributed by atoms with E-state index in [0.29, 0.717) is 0 Å². The van der Waals surface area contributed by atoms with Crippen LogP contribution in [0.5, 0.6) is 0 Å². The fraction of sp³-hybridized carbons (Fsp3) is 0.200. The molecule has 184 valence electrons. The highest BCUT2D eigenvalue weighted by atomic mass is 32.3. The molecule has 0 aliphatic heterocycles. The largest absolute Gasteiger partial charge is 0.222 e. The molecule has 2 aliphatic carbocycles. The predicted octanol–water partition coefficient (Wildman–Crippen LogP) is 6.40. The second-order valence-corrected chi connectivity index (χ2v) is 14.2. The molecule has 0 radical (unpaired) electrons. The fourth-order valence-electron chi connectivity index (χ4n) is 5.37. The summed E-state index contributed by atoms with van der Waals surface area (Å²) < 4.78 is 54.9. The fourth-order valence-corrected chi connectivity index (χ4v) is 10.4. The highest BCUT2D eigenvalue weighted by molar-refractivity contribution is 8.10. The standard InChI is InChI=1S/C30H28O4S2/c1-23-26(21-24-11-5-2-6-12-24)18-17-25-19-20-30(22-29(23)25,35(31,32)27-13-7-3-8-14-27)36(33,34)28-15-9-4-10-16-28/h2-16,19,21,29H,1,17-18,20,22H2/b26-21+/t29-/m0/s1. The quantitative estimate of drug-likeness (QED) is 0.368. The van der Waals surface area contributed by atoms with Crippen LogP contribution in [0.3, 0.4) is 0 Å². The lowest BCUT2D eigenvalue weighted by Crippen LogP contribution is -2.50. The zero-order chi connectivity index (χ0) is 25.4. The Balaban J connectivity index is 1.66. The SMILES string of the molecule is C=C1/C(=C/c2ccccc2)CCC2=CCC(S(=O)(=O)c3ccccc3)(S(=O)(=O)c3ccccc3)C[C@@H]12. The lowest BCUT2D eigenvalue weighted by Gasteiger charge is -2.42. The molecule has 0 amide bonds. The average Bonchev–Trinajstić information content (AvgIpc) is 2.91. The van der Waals surface area contributed by atoms with Crippen LogP contribution in [0.25, 0.3) is 6.08 Å². The average molecular weight is 517 g/mol. The van der Waals surface area contributed by atoms with Crippen LogP contribution < -0.4 is 0 Å². The first-order valence-corrected chi connectivity index (χ1v) is 15.0. The third kappa shape index (κ3) is 3.98. The Morgan fingerprint density at radius 1 is 0.722 bits per heavy atom. The van der Waals surface area contributed by atoms with Crippen LogP contribution >= 0.6 is 0 Å². The molecule has 6 heteroatoms. The Bertz CT molecular complexity index is 1480. The van der Waals surface area contributed by atoms with Crippen molar-refractivity contribution in [1.82, 2.24) is 0 Å². The van der Waals surface area contributed by atoms with E-state index >= 15 is 0 Å². The van der Waals surface area contributed by atoms with Crippen LogP contribution in [0.2, 0.25) is 0 Å². The molecule has 1 fully saturated rings. The smallest absolute Gasteiger partial charge is 0.199 e. The molecular formula is C30H28O4S2. The van der Waals surface area contributed by atoms with Crippen molar-refractivity contribution in [3.8, 4) is 0 Å². The van der Waals surface area contributed by atoms with Gasteiger partial charge < -0.3 is 0 Å². The molecule has 0 unspecified atom stereocenters. The Kier molecular flexibility index (Phi) is 6.35. The summed E-state index contributed by atoms with van der Waals surface area (Å²) in [5.41, 5.74) is 3.95. The van der Waals surface area contributed by atoms with Crippen molar-refractivity contribution in [2.75, 3.05) is 0 Å². The van der Waals surface area contributed by atoms with E-state index in [0.717, 1.165) is 35.1 Å². The minimum Gasteiger partial charge on any atom is -0.222 e. The van der Waals surface area contributed by atoms with Crippen molar-refractivity contribution < 1.29 is 16.8 Å². The normalized spacial score (nSPS) is 21.0. The number of fused-ring (bicyclic) bond motifs is 1. The second kappa shape index (κ2) is 9.34. The third-order valence-corrected chi connectivity index (χ3v) is 13.1. The molecule has 4 nitrogen and oxygen atoms in total. The lowest BCUT2D eigenvalue weighted by molar-refractivity contribution is 0.463. The molecule has 3 aromatic rings. The van der Waals surface area contributed by atoms with Crippen molar-refractivity contribution in [2.24, 2.45) is 5.92 Å². The molecule has 0 bridgehead atoms. The van der Waals surface area contributed by atoms with E-state index in [1.54, 1.807) is 36.4 Å². The van der Waals surface area contributed by atoms with E-state index in [1.807, 2.05) is 36.4 Å². The van der Waals surface area contributed by atoms with Gasteiger partial charge in [-0.3, -0.25) is 0 Å². The first-order valence-electron chi connectivity index (χ1n) is 12.0. The number of sulfone groups is 2. The van der Waals surface area contributed by atoms with Crippen molar-refractivity contribution in [3.05, 3.63) is 126 Å².